The summed E-state index contributed by atoms with van der Waals surface area (Å²) in [6.45, 7) is 3.12. The van der Waals surface area contributed by atoms with Gasteiger partial charge in [-0.25, -0.2) is 4.68 Å². The molecule has 1 aromatic carbocycles. The van der Waals surface area contributed by atoms with Gasteiger partial charge in [-0.05, 0) is 51.2 Å². The van der Waals surface area contributed by atoms with Crippen molar-refractivity contribution >= 4 is 0 Å². The van der Waals surface area contributed by atoms with Crippen LogP contribution in [0.15, 0.2) is 36.5 Å². The summed E-state index contributed by atoms with van der Waals surface area (Å²) in [5, 5.41) is 7.91. The molecule has 2 aromatic rings. The Kier molecular flexibility index (Phi) is 4.75. The molecule has 1 aliphatic rings. The molecule has 5 heteroatoms. The number of ether oxygens (including phenoxy) is 1. The van der Waals surface area contributed by atoms with Crippen LogP contribution >= 0.6 is 0 Å². The number of benzene rings is 1. The fourth-order valence-electron chi connectivity index (χ4n) is 3.10. The zero-order chi connectivity index (χ0) is 15.4. The molecule has 0 spiro atoms. The molecule has 5 nitrogen and oxygen atoms in total. The molecule has 118 valence electrons. The molecule has 1 aliphatic heterocycles. The Morgan fingerprint density at radius 2 is 2.05 bits per heavy atom. The van der Waals surface area contributed by atoms with E-state index >= 15 is 0 Å². The predicted octanol–water partition coefficient (Wildman–Crippen LogP) is 2.06. The minimum atomic E-state index is 0.641. The highest BCUT2D eigenvalue weighted by molar-refractivity contribution is 5.46. The highest BCUT2D eigenvalue weighted by Gasteiger charge is 2.19. The van der Waals surface area contributed by atoms with Crippen molar-refractivity contribution in [1.82, 2.24) is 20.0 Å². The minimum absolute atomic E-state index is 0.641. The van der Waals surface area contributed by atoms with Gasteiger partial charge in [0.2, 0.25) is 0 Å². The Bertz CT molecular complexity index is 604. The van der Waals surface area contributed by atoms with E-state index in [2.05, 4.69) is 28.4 Å². The first-order valence-corrected chi connectivity index (χ1v) is 7.87. The molecule has 1 saturated heterocycles. The first-order chi connectivity index (χ1) is 10.8. The number of hydrogen-bond donors (Lipinski definition) is 1. The van der Waals surface area contributed by atoms with E-state index in [1.165, 1.54) is 18.5 Å². The van der Waals surface area contributed by atoms with E-state index in [0.717, 1.165) is 31.1 Å². The van der Waals surface area contributed by atoms with Crippen molar-refractivity contribution < 1.29 is 4.74 Å². The molecule has 1 aromatic heterocycles. The van der Waals surface area contributed by atoms with Crippen LogP contribution in [0.5, 0.6) is 5.75 Å². The van der Waals surface area contributed by atoms with Gasteiger partial charge in [-0.2, -0.15) is 5.10 Å². The molecule has 2 heterocycles. The van der Waals surface area contributed by atoms with Gasteiger partial charge in [-0.15, -0.1) is 0 Å². The molecule has 22 heavy (non-hydrogen) atoms. The van der Waals surface area contributed by atoms with E-state index in [0.29, 0.717) is 6.04 Å². The third kappa shape index (κ3) is 3.15. The number of piperidine rings is 1. The lowest BCUT2D eigenvalue weighted by Gasteiger charge is -2.31. The SMILES string of the molecule is COc1ccccc1-n1nccc1CN(C)C1CCNCC1. The van der Waals surface area contributed by atoms with Crippen LogP contribution in [-0.2, 0) is 6.54 Å². The number of aromatic nitrogens is 2. The highest BCUT2D eigenvalue weighted by atomic mass is 16.5. The smallest absolute Gasteiger partial charge is 0.144 e. The second-order valence-corrected chi connectivity index (χ2v) is 5.80. The number of nitrogens with one attached hydrogen (secondary N) is 1. The summed E-state index contributed by atoms with van der Waals surface area (Å²) in [4.78, 5) is 2.43. The summed E-state index contributed by atoms with van der Waals surface area (Å²) in [6.07, 6.45) is 4.27. The molecule has 0 atom stereocenters. The second-order valence-electron chi connectivity index (χ2n) is 5.80. The van der Waals surface area contributed by atoms with Crippen LogP contribution in [0.2, 0.25) is 0 Å². The lowest BCUT2D eigenvalue weighted by atomic mass is 10.1. The topological polar surface area (TPSA) is 42.3 Å². The van der Waals surface area contributed by atoms with Gasteiger partial charge in [0.25, 0.3) is 0 Å². The van der Waals surface area contributed by atoms with Crippen molar-refractivity contribution in [3.05, 3.63) is 42.2 Å². The van der Waals surface area contributed by atoms with E-state index in [1.54, 1.807) is 7.11 Å². The molecule has 0 amide bonds. The first-order valence-electron chi connectivity index (χ1n) is 7.87. The zero-order valence-electron chi connectivity index (χ0n) is 13.3. The number of nitrogens with zero attached hydrogens (tertiary/aromatic N) is 3. The largest absolute Gasteiger partial charge is 0.494 e. The molecule has 1 fully saturated rings. The summed E-state index contributed by atoms with van der Waals surface area (Å²) in [6, 6.07) is 10.7. The lowest BCUT2D eigenvalue weighted by molar-refractivity contribution is 0.188. The van der Waals surface area contributed by atoms with E-state index < -0.39 is 0 Å². The second kappa shape index (κ2) is 6.94. The molecule has 0 radical (unpaired) electrons. The van der Waals surface area contributed by atoms with Crippen molar-refractivity contribution in [3.63, 3.8) is 0 Å². The Morgan fingerprint density at radius 1 is 1.27 bits per heavy atom. The Hall–Kier alpha value is -1.85. The van der Waals surface area contributed by atoms with E-state index in [9.17, 15) is 0 Å². The van der Waals surface area contributed by atoms with Crippen LogP contribution in [0.25, 0.3) is 5.69 Å². The number of rotatable bonds is 5. The van der Waals surface area contributed by atoms with E-state index in [4.69, 9.17) is 4.74 Å². The van der Waals surface area contributed by atoms with E-state index in [-0.39, 0.29) is 0 Å². The fourth-order valence-corrected chi connectivity index (χ4v) is 3.10. The number of methoxy groups -OCH3 is 1. The van der Waals surface area contributed by atoms with Gasteiger partial charge in [0, 0.05) is 18.8 Å². The van der Waals surface area contributed by atoms with Crippen molar-refractivity contribution in [2.24, 2.45) is 0 Å². The third-order valence-electron chi connectivity index (χ3n) is 4.38. The zero-order valence-corrected chi connectivity index (χ0v) is 13.3. The van der Waals surface area contributed by atoms with Gasteiger partial charge in [-0.1, -0.05) is 12.1 Å². The minimum Gasteiger partial charge on any atom is -0.494 e. The Morgan fingerprint density at radius 3 is 2.82 bits per heavy atom. The van der Waals surface area contributed by atoms with Crippen molar-refractivity contribution in [2.45, 2.75) is 25.4 Å². The standard InChI is InChI=1S/C17H24N4O/c1-20(14-7-10-18-11-8-14)13-15-9-12-19-21(15)16-5-3-4-6-17(16)22-2/h3-6,9,12,14,18H,7-8,10-11,13H2,1-2H3. The van der Waals surface area contributed by atoms with Gasteiger partial charge in [0.15, 0.2) is 0 Å². The maximum atomic E-state index is 5.46. The molecule has 0 aliphatic carbocycles. The van der Waals surface area contributed by atoms with Gasteiger partial charge in [0.05, 0.1) is 12.8 Å². The third-order valence-corrected chi connectivity index (χ3v) is 4.38. The summed E-state index contributed by atoms with van der Waals surface area (Å²) in [5.41, 5.74) is 2.18. The summed E-state index contributed by atoms with van der Waals surface area (Å²) in [7, 11) is 3.90. The molecular formula is C17H24N4O. The Labute approximate surface area is 131 Å². The van der Waals surface area contributed by atoms with Crippen molar-refractivity contribution in [2.75, 3.05) is 27.2 Å². The first kappa shape index (κ1) is 15.1. The molecule has 0 bridgehead atoms. The van der Waals surface area contributed by atoms with Gasteiger partial charge >= 0.3 is 0 Å². The van der Waals surface area contributed by atoms with Crippen molar-refractivity contribution in [1.29, 1.82) is 0 Å². The predicted molar refractivity (Wildman–Crippen MR) is 87.5 cm³/mol. The summed E-state index contributed by atoms with van der Waals surface area (Å²) < 4.78 is 7.45. The molecule has 1 N–H and O–H groups in total. The van der Waals surface area contributed by atoms with Gasteiger partial charge in [-0.3, -0.25) is 4.90 Å². The van der Waals surface area contributed by atoms with Crippen LogP contribution in [0, 0.1) is 0 Å². The monoisotopic (exact) mass is 300 g/mol. The molecule has 0 unspecified atom stereocenters. The van der Waals surface area contributed by atoms with Gasteiger partial charge < -0.3 is 10.1 Å². The molecular weight excluding hydrogens is 276 g/mol. The van der Waals surface area contributed by atoms with Gasteiger partial charge in [0.1, 0.15) is 11.4 Å². The maximum absolute atomic E-state index is 5.46. The van der Waals surface area contributed by atoms with Crippen LogP contribution < -0.4 is 10.1 Å². The van der Waals surface area contributed by atoms with Crippen LogP contribution in [0.1, 0.15) is 18.5 Å². The lowest BCUT2D eigenvalue weighted by Crippen LogP contribution is -2.41. The number of hydrogen-bond acceptors (Lipinski definition) is 4. The summed E-state index contributed by atoms with van der Waals surface area (Å²) in [5.74, 6) is 0.844. The average Bonchev–Trinajstić information content (AvgIpc) is 3.03. The summed E-state index contributed by atoms with van der Waals surface area (Å²) >= 11 is 0. The average molecular weight is 300 g/mol. The van der Waals surface area contributed by atoms with Crippen LogP contribution in [0.3, 0.4) is 0 Å². The Balaban J connectivity index is 1.80. The van der Waals surface area contributed by atoms with Crippen LogP contribution in [-0.4, -0.2) is 48.0 Å². The van der Waals surface area contributed by atoms with Crippen LogP contribution in [0.4, 0.5) is 0 Å². The quantitative estimate of drug-likeness (QED) is 0.918. The number of para-hydroxylation sites is 2. The molecule has 3 rings (SSSR count). The normalized spacial score (nSPS) is 16.1. The molecule has 0 saturated carbocycles. The van der Waals surface area contributed by atoms with E-state index in [1.807, 2.05) is 35.1 Å². The fraction of sp³-hybridized carbons (Fsp3) is 0.471. The maximum Gasteiger partial charge on any atom is 0.144 e. The van der Waals surface area contributed by atoms with Crippen molar-refractivity contribution in [3.8, 4) is 11.4 Å². The highest BCUT2D eigenvalue weighted by Crippen LogP contribution is 2.23.